The van der Waals surface area contributed by atoms with E-state index in [-0.39, 0.29) is 30.6 Å². The Hall–Kier alpha value is -2.78. The number of aliphatic hydroxyl groups excluding tert-OH is 1. The summed E-state index contributed by atoms with van der Waals surface area (Å²) >= 11 is 0. The summed E-state index contributed by atoms with van der Waals surface area (Å²) in [6.45, 7) is 4.68. The summed E-state index contributed by atoms with van der Waals surface area (Å²) < 4.78 is 23.1. The lowest BCUT2D eigenvalue weighted by Crippen LogP contribution is -2.47. The molecule has 5 rings (SSSR count). The number of hydrogen-bond acceptors (Lipinski definition) is 8. The molecule has 0 aromatic heterocycles. The number of hydrogen-bond donors (Lipinski definition) is 2. The lowest BCUT2D eigenvalue weighted by Gasteiger charge is -2.39. The third-order valence-electron chi connectivity index (χ3n) is 8.21. The number of esters is 1. The van der Waals surface area contributed by atoms with Crippen molar-refractivity contribution in [3.8, 4) is 11.5 Å². The number of carbonyl (C=O) groups excluding carboxylic acids is 2. The van der Waals surface area contributed by atoms with Crippen molar-refractivity contribution in [2.75, 3.05) is 33.5 Å². The van der Waals surface area contributed by atoms with Gasteiger partial charge in [-0.2, -0.15) is 0 Å². The average molecular weight is 515 g/mol. The lowest BCUT2D eigenvalue weighted by atomic mass is 9.77. The molecular formula is C28H38N2O7. The van der Waals surface area contributed by atoms with E-state index in [1.54, 1.807) is 7.11 Å². The number of nitrogens with one attached hydrogen (secondary N) is 1. The molecule has 0 bridgehead atoms. The Morgan fingerprint density at radius 3 is 2.81 bits per heavy atom. The summed E-state index contributed by atoms with van der Waals surface area (Å²) in [5.41, 5.74) is 1.84. The van der Waals surface area contributed by atoms with Crippen LogP contribution < -0.4 is 14.8 Å². The minimum absolute atomic E-state index is 0.188. The number of nitrogens with zero attached hydrogens (tertiary/aromatic N) is 1. The van der Waals surface area contributed by atoms with Crippen LogP contribution >= 0.6 is 0 Å². The molecule has 1 aliphatic carbocycles. The van der Waals surface area contributed by atoms with Gasteiger partial charge in [-0.1, -0.05) is 26.2 Å². The van der Waals surface area contributed by atoms with Gasteiger partial charge in [-0.25, -0.2) is 4.79 Å². The Morgan fingerprint density at radius 1 is 1.22 bits per heavy atom. The molecule has 9 heteroatoms. The van der Waals surface area contributed by atoms with Gasteiger partial charge in [0.25, 0.3) is 0 Å². The SMILES string of the molecule is CCCCCCNC(=O)C[C@@H](O)C(=O)OC1C(OC)=CC23CCCN2CCc2cc4c(cc2[C@H]13)OCO4. The third kappa shape index (κ3) is 4.91. The Kier molecular flexibility index (Phi) is 7.62. The molecule has 1 aromatic carbocycles. The molecular weight excluding hydrogens is 476 g/mol. The van der Waals surface area contributed by atoms with Gasteiger partial charge in [0.15, 0.2) is 23.7 Å². The van der Waals surface area contributed by atoms with Crippen LogP contribution in [0.2, 0.25) is 0 Å². The fourth-order valence-corrected chi connectivity index (χ4v) is 6.41. The summed E-state index contributed by atoms with van der Waals surface area (Å²) in [5, 5.41) is 13.4. The second-order valence-electron chi connectivity index (χ2n) is 10.5. The third-order valence-corrected chi connectivity index (χ3v) is 8.21. The predicted molar refractivity (Wildman–Crippen MR) is 135 cm³/mol. The first-order valence-electron chi connectivity index (χ1n) is 13.6. The fraction of sp³-hybridized carbons (Fsp3) is 0.643. The highest BCUT2D eigenvalue weighted by atomic mass is 16.7. The van der Waals surface area contributed by atoms with Gasteiger partial charge in [0, 0.05) is 13.1 Å². The van der Waals surface area contributed by atoms with Gasteiger partial charge in [0.1, 0.15) is 5.76 Å². The molecule has 1 fully saturated rings. The van der Waals surface area contributed by atoms with Crippen LogP contribution in [0.3, 0.4) is 0 Å². The van der Waals surface area contributed by atoms with Gasteiger partial charge in [0.05, 0.1) is 25.0 Å². The van der Waals surface area contributed by atoms with Crippen LogP contribution in [-0.4, -0.2) is 73.2 Å². The maximum absolute atomic E-state index is 13.1. The molecule has 1 amide bonds. The number of carbonyl (C=O) groups is 2. The number of methoxy groups -OCH3 is 1. The number of aliphatic hydroxyl groups is 1. The molecule has 37 heavy (non-hydrogen) atoms. The van der Waals surface area contributed by atoms with Gasteiger partial charge in [0.2, 0.25) is 12.7 Å². The lowest BCUT2D eigenvalue weighted by molar-refractivity contribution is -0.162. The highest BCUT2D eigenvalue weighted by molar-refractivity contribution is 5.84. The van der Waals surface area contributed by atoms with E-state index in [2.05, 4.69) is 23.2 Å². The van der Waals surface area contributed by atoms with Crippen LogP contribution in [0, 0.1) is 0 Å². The van der Waals surface area contributed by atoms with Crippen molar-refractivity contribution in [2.24, 2.45) is 0 Å². The molecule has 4 aliphatic rings. The second-order valence-corrected chi connectivity index (χ2v) is 10.5. The first-order valence-corrected chi connectivity index (χ1v) is 13.6. The van der Waals surface area contributed by atoms with Gasteiger partial charge < -0.3 is 29.4 Å². The zero-order chi connectivity index (χ0) is 26.0. The standard InChI is InChI=1S/C28H38N2O7/c1-3-4-5-6-10-29-24(32)15-20(31)27(33)37-26-23(34-2)16-28-9-7-11-30(28)12-8-18-13-21-22(36-17-35-21)14-19(18)25(26)28/h13-14,16,20,25-26,31H,3-12,15,17H2,1-2H3,(H,29,32)/t20-,25-,26?,28?/m1/s1. The molecule has 1 aromatic rings. The summed E-state index contributed by atoms with van der Waals surface area (Å²) in [5.74, 6) is 0.594. The molecule has 9 nitrogen and oxygen atoms in total. The van der Waals surface area contributed by atoms with Crippen molar-refractivity contribution >= 4 is 11.9 Å². The van der Waals surface area contributed by atoms with E-state index in [4.69, 9.17) is 18.9 Å². The summed E-state index contributed by atoms with van der Waals surface area (Å²) in [4.78, 5) is 27.8. The maximum atomic E-state index is 13.1. The number of amides is 1. The summed E-state index contributed by atoms with van der Waals surface area (Å²) in [7, 11) is 1.58. The molecule has 3 aliphatic heterocycles. The number of ether oxygens (including phenoxy) is 4. The molecule has 1 spiro atoms. The summed E-state index contributed by atoms with van der Waals surface area (Å²) in [6, 6.07) is 4.05. The van der Waals surface area contributed by atoms with E-state index >= 15 is 0 Å². The van der Waals surface area contributed by atoms with Crippen molar-refractivity contribution in [2.45, 2.75) is 82.0 Å². The number of rotatable bonds is 10. The zero-order valence-corrected chi connectivity index (χ0v) is 21.8. The Labute approximate surface area is 218 Å². The van der Waals surface area contributed by atoms with Gasteiger partial charge >= 0.3 is 5.97 Å². The molecule has 202 valence electrons. The fourth-order valence-electron chi connectivity index (χ4n) is 6.41. The normalized spacial score (nSPS) is 26.4. The maximum Gasteiger partial charge on any atom is 0.336 e. The van der Waals surface area contributed by atoms with Crippen LogP contribution in [0.1, 0.15) is 68.9 Å². The van der Waals surface area contributed by atoms with Gasteiger partial charge in [-0.3, -0.25) is 9.69 Å². The Bertz CT molecular complexity index is 1060. The second kappa shape index (κ2) is 10.9. The van der Waals surface area contributed by atoms with Crippen LogP contribution in [0.4, 0.5) is 0 Å². The monoisotopic (exact) mass is 514 g/mol. The Morgan fingerprint density at radius 2 is 2.03 bits per heavy atom. The number of benzene rings is 1. The molecule has 1 saturated heterocycles. The number of fused-ring (bicyclic) bond motifs is 3. The van der Waals surface area contributed by atoms with Gasteiger partial charge in [-0.05, 0) is 61.6 Å². The van der Waals surface area contributed by atoms with Crippen molar-refractivity contribution in [1.82, 2.24) is 10.2 Å². The van der Waals surface area contributed by atoms with Crippen molar-refractivity contribution < 1.29 is 33.6 Å². The van der Waals surface area contributed by atoms with Crippen molar-refractivity contribution in [3.63, 3.8) is 0 Å². The molecule has 4 atom stereocenters. The minimum atomic E-state index is -1.55. The smallest absolute Gasteiger partial charge is 0.336 e. The van der Waals surface area contributed by atoms with Crippen molar-refractivity contribution in [1.29, 1.82) is 0 Å². The van der Waals surface area contributed by atoms with E-state index in [0.717, 1.165) is 74.9 Å². The highest BCUT2D eigenvalue weighted by Gasteiger charge is 2.58. The zero-order valence-electron chi connectivity index (χ0n) is 21.8. The predicted octanol–water partition coefficient (Wildman–Crippen LogP) is 2.79. The topological polar surface area (TPSA) is 107 Å². The molecule has 0 saturated carbocycles. The molecule has 0 radical (unpaired) electrons. The molecule has 2 N–H and O–H groups in total. The van der Waals surface area contributed by atoms with E-state index in [1.807, 2.05) is 12.1 Å². The molecule has 2 unspecified atom stereocenters. The highest BCUT2D eigenvalue weighted by Crippen LogP contribution is 2.55. The first kappa shape index (κ1) is 25.9. The van der Waals surface area contributed by atoms with Gasteiger partial charge in [-0.15, -0.1) is 0 Å². The summed E-state index contributed by atoms with van der Waals surface area (Å²) in [6.07, 6.45) is 6.45. The van der Waals surface area contributed by atoms with Crippen LogP contribution in [0.25, 0.3) is 0 Å². The quantitative estimate of drug-likeness (QED) is 0.363. The van der Waals surface area contributed by atoms with Crippen LogP contribution in [-0.2, 0) is 25.5 Å². The Balaban J connectivity index is 1.35. The van der Waals surface area contributed by atoms with E-state index < -0.39 is 18.2 Å². The number of unbranched alkanes of at least 4 members (excludes halogenated alkanes) is 3. The van der Waals surface area contributed by atoms with E-state index in [0.29, 0.717) is 18.1 Å². The first-order chi connectivity index (χ1) is 18.0. The van der Waals surface area contributed by atoms with Crippen LogP contribution in [0.5, 0.6) is 11.5 Å². The van der Waals surface area contributed by atoms with E-state index in [9.17, 15) is 14.7 Å². The largest absolute Gasteiger partial charge is 0.497 e. The van der Waals surface area contributed by atoms with Crippen molar-refractivity contribution in [3.05, 3.63) is 35.1 Å². The van der Waals surface area contributed by atoms with E-state index in [1.165, 1.54) is 0 Å². The average Bonchev–Trinajstić information content (AvgIpc) is 3.57. The van der Waals surface area contributed by atoms with Crippen LogP contribution in [0.15, 0.2) is 24.0 Å². The minimum Gasteiger partial charge on any atom is -0.497 e. The molecule has 3 heterocycles.